The third kappa shape index (κ3) is 6.93. The highest BCUT2D eigenvalue weighted by molar-refractivity contribution is 6.14. The van der Waals surface area contributed by atoms with Crippen LogP contribution >= 0.6 is 0 Å². The second kappa shape index (κ2) is 12.9. The lowest BCUT2D eigenvalue weighted by atomic mass is 9.83. The number of carbonyl (C=O) groups excluding carboxylic acids is 2. The van der Waals surface area contributed by atoms with Crippen LogP contribution in [0.25, 0.3) is 12.2 Å². The number of nitrogens with one attached hydrogen (secondary N) is 1. The van der Waals surface area contributed by atoms with Crippen LogP contribution in [0.4, 0.5) is 0 Å². The monoisotopic (exact) mass is 526 g/mol. The van der Waals surface area contributed by atoms with Gasteiger partial charge in [-0.2, -0.15) is 0 Å². The molecule has 1 fully saturated rings. The average Bonchev–Trinajstić information content (AvgIpc) is 2.94. The molecule has 0 radical (unpaired) electrons. The van der Waals surface area contributed by atoms with E-state index in [0.29, 0.717) is 54.4 Å². The number of carbonyl (C=O) groups is 2. The van der Waals surface area contributed by atoms with Crippen LogP contribution in [0.15, 0.2) is 71.9 Å². The molecule has 0 bridgehead atoms. The fourth-order valence-corrected chi connectivity index (χ4v) is 4.63. The maximum Gasteiger partial charge on any atom is 0.270 e. The predicted molar refractivity (Wildman–Crippen MR) is 152 cm³/mol. The van der Waals surface area contributed by atoms with Crippen LogP contribution in [-0.4, -0.2) is 43.0 Å². The number of aryl methyl sites for hydroxylation is 1. The van der Waals surface area contributed by atoms with Gasteiger partial charge in [0, 0.05) is 23.4 Å². The van der Waals surface area contributed by atoms with Gasteiger partial charge in [-0.1, -0.05) is 18.2 Å². The summed E-state index contributed by atoms with van der Waals surface area (Å²) >= 11 is 0. The molecule has 1 unspecified atom stereocenters. The highest BCUT2D eigenvalue weighted by Crippen LogP contribution is 2.33. The van der Waals surface area contributed by atoms with Gasteiger partial charge in [-0.15, -0.1) is 0 Å². The molecule has 2 aromatic carbocycles. The molecule has 1 aliphatic rings. The van der Waals surface area contributed by atoms with E-state index < -0.39 is 0 Å². The zero-order chi connectivity index (χ0) is 27.8. The molecule has 4 rings (SSSR count). The molecular formula is C32H34N2O5. The van der Waals surface area contributed by atoms with Gasteiger partial charge in [-0.3, -0.25) is 14.6 Å². The van der Waals surface area contributed by atoms with Gasteiger partial charge < -0.3 is 19.5 Å². The Morgan fingerprint density at radius 2 is 1.56 bits per heavy atom. The van der Waals surface area contributed by atoms with E-state index in [9.17, 15) is 9.59 Å². The van der Waals surface area contributed by atoms with Crippen molar-refractivity contribution in [3.63, 3.8) is 0 Å². The second-order valence-electron chi connectivity index (χ2n) is 9.26. The first-order chi connectivity index (χ1) is 18.9. The summed E-state index contributed by atoms with van der Waals surface area (Å²) in [6, 6.07) is 16.4. The third-order valence-electron chi connectivity index (χ3n) is 6.42. The molecule has 1 N–H and O–H groups in total. The van der Waals surface area contributed by atoms with Crippen LogP contribution in [0.3, 0.4) is 0 Å². The molecule has 0 spiro atoms. The van der Waals surface area contributed by atoms with Gasteiger partial charge in [-0.05, 0) is 98.9 Å². The van der Waals surface area contributed by atoms with Crippen LogP contribution in [0.5, 0.6) is 17.2 Å². The van der Waals surface area contributed by atoms with Gasteiger partial charge in [-0.25, -0.2) is 0 Å². The number of Topliss-reactive ketones (excluding diaryl/α,β-unsaturated/α-hetero) is 1. The fraction of sp³-hybridized carbons (Fsp3) is 0.281. The summed E-state index contributed by atoms with van der Waals surface area (Å²) in [6.07, 6.45) is 6.15. The summed E-state index contributed by atoms with van der Waals surface area (Å²) in [6.45, 7) is 6.95. The van der Waals surface area contributed by atoms with E-state index in [2.05, 4.69) is 10.3 Å². The predicted octanol–water partition coefficient (Wildman–Crippen LogP) is 5.82. The van der Waals surface area contributed by atoms with Crippen LogP contribution in [-0.2, 0) is 4.79 Å². The van der Waals surface area contributed by atoms with E-state index in [-0.39, 0.29) is 17.7 Å². The number of hydrogen-bond donors (Lipinski definition) is 1. The minimum absolute atomic E-state index is 0.0438. The van der Waals surface area contributed by atoms with E-state index in [1.165, 1.54) is 0 Å². The van der Waals surface area contributed by atoms with Crippen molar-refractivity contribution >= 4 is 23.8 Å². The second-order valence-corrected chi connectivity index (χ2v) is 9.26. The minimum atomic E-state index is -0.275. The highest BCUT2D eigenvalue weighted by Gasteiger charge is 2.29. The van der Waals surface area contributed by atoms with Gasteiger partial charge in [0.1, 0.15) is 11.4 Å². The topological polar surface area (TPSA) is 86.8 Å². The largest absolute Gasteiger partial charge is 0.494 e. The summed E-state index contributed by atoms with van der Waals surface area (Å²) in [5.74, 6) is 1.74. The first-order valence-corrected chi connectivity index (χ1v) is 13.1. The molecule has 1 atom stereocenters. The first kappa shape index (κ1) is 27.6. The van der Waals surface area contributed by atoms with Gasteiger partial charge in [0.2, 0.25) is 0 Å². The van der Waals surface area contributed by atoms with E-state index >= 15 is 0 Å². The maximum absolute atomic E-state index is 13.7. The van der Waals surface area contributed by atoms with E-state index in [1.54, 1.807) is 31.5 Å². The standard InChI is InChI=1S/C32H34N2O5/c1-5-38-28-12-10-22(15-21(28)3)16-24-19-26(34-32(36)27-9-7-8-14-33-27)20-25(31(24)35)17-23-11-13-29(39-6-2)30(18-23)37-4/h7-18,26H,5-6,19-20H2,1-4H3,(H,34,36)/b24-16+,25-17+. The van der Waals surface area contributed by atoms with Crippen molar-refractivity contribution < 1.29 is 23.8 Å². The molecule has 3 aromatic rings. The quantitative estimate of drug-likeness (QED) is 0.353. The molecule has 0 aliphatic heterocycles. The number of amides is 1. The number of benzene rings is 2. The number of hydrogen-bond acceptors (Lipinski definition) is 6. The average molecular weight is 527 g/mol. The summed E-state index contributed by atoms with van der Waals surface area (Å²) < 4.78 is 16.8. The van der Waals surface area contributed by atoms with Crippen molar-refractivity contribution in [2.45, 2.75) is 39.7 Å². The Labute approximate surface area is 229 Å². The Hall–Kier alpha value is -4.39. The zero-order valence-corrected chi connectivity index (χ0v) is 22.8. The lowest BCUT2D eigenvalue weighted by Gasteiger charge is -2.27. The molecule has 39 heavy (non-hydrogen) atoms. The number of aromatic nitrogens is 1. The summed E-state index contributed by atoms with van der Waals surface area (Å²) in [5.41, 5.74) is 4.27. The third-order valence-corrected chi connectivity index (χ3v) is 6.42. The highest BCUT2D eigenvalue weighted by atomic mass is 16.5. The normalized spacial score (nSPS) is 17.2. The minimum Gasteiger partial charge on any atom is -0.494 e. The molecule has 202 valence electrons. The molecule has 1 saturated carbocycles. The van der Waals surface area contributed by atoms with Crippen molar-refractivity contribution in [1.82, 2.24) is 10.3 Å². The van der Waals surface area contributed by atoms with Crippen molar-refractivity contribution in [3.8, 4) is 17.2 Å². The van der Waals surface area contributed by atoms with Crippen LogP contribution in [0.2, 0.25) is 0 Å². The molecular weight excluding hydrogens is 492 g/mol. The summed E-state index contributed by atoms with van der Waals surface area (Å²) in [4.78, 5) is 30.7. The molecule has 7 heteroatoms. The number of ether oxygens (including phenoxy) is 3. The molecule has 1 amide bonds. The van der Waals surface area contributed by atoms with Crippen LogP contribution < -0.4 is 19.5 Å². The van der Waals surface area contributed by atoms with Gasteiger partial charge in [0.15, 0.2) is 17.3 Å². The Morgan fingerprint density at radius 1 is 0.923 bits per heavy atom. The Bertz CT molecular complexity index is 1390. The Balaban J connectivity index is 1.68. The molecule has 7 nitrogen and oxygen atoms in total. The van der Waals surface area contributed by atoms with Gasteiger partial charge >= 0.3 is 0 Å². The number of nitrogens with zero attached hydrogens (tertiary/aromatic N) is 1. The number of methoxy groups -OCH3 is 1. The molecule has 0 saturated heterocycles. The van der Waals surface area contributed by atoms with Crippen molar-refractivity contribution in [3.05, 3.63) is 94.3 Å². The SMILES string of the molecule is CCOc1ccc(/C=C2\CC(NC(=O)c3ccccn3)C/C(=C\c3ccc(OCC)c(OC)c3)C2=O)cc1C. The summed E-state index contributed by atoms with van der Waals surface area (Å²) in [7, 11) is 1.59. The Morgan fingerprint density at radius 3 is 2.15 bits per heavy atom. The molecule has 1 aromatic heterocycles. The molecule has 1 aliphatic carbocycles. The number of rotatable bonds is 9. The van der Waals surface area contributed by atoms with Crippen molar-refractivity contribution in [1.29, 1.82) is 0 Å². The number of ketones is 1. The lowest BCUT2D eigenvalue weighted by molar-refractivity contribution is -0.113. The number of pyridine rings is 1. The van der Waals surface area contributed by atoms with Crippen molar-refractivity contribution in [2.24, 2.45) is 0 Å². The Kier molecular flexibility index (Phi) is 9.15. The molecule has 1 heterocycles. The van der Waals surface area contributed by atoms with E-state index in [1.807, 2.05) is 69.3 Å². The summed E-state index contributed by atoms with van der Waals surface area (Å²) in [5, 5.41) is 3.07. The van der Waals surface area contributed by atoms with E-state index in [0.717, 1.165) is 22.4 Å². The first-order valence-electron chi connectivity index (χ1n) is 13.1. The van der Waals surface area contributed by atoms with E-state index in [4.69, 9.17) is 14.2 Å². The van der Waals surface area contributed by atoms with Crippen LogP contribution in [0.1, 0.15) is 53.9 Å². The van der Waals surface area contributed by atoms with Gasteiger partial charge in [0.05, 0.1) is 20.3 Å². The van der Waals surface area contributed by atoms with Crippen LogP contribution in [0, 0.1) is 6.92 Å². The lowest BCUT2D eigenvalue weighted by Crippen LogP contribution is -2.39. The van der Waals surface area contributed by atoms with Crippen molar-refractivity contribution in [2.75, 3.05) is 20.3 Å². The zero-order valence-electron chi connectivity index (χ0n) is 22.8. The fourth-order valence-electron chi connectivity index (χ4n) is 4.63. The van der Waals surface area contributed by atoms with Gasteiger partial charge in [0.25, 0.3) is 5.91 Å². The maximum atomic E-state index is 13.7. The smallest absolute Gasteiger partial charge is 0.270 e.